The molecule has 202 valence electrons. The van der Waals surface area contributed by atoms with E-state index in [0.29, 0.717) is 12.0 Å². The molecule has 11 heteroatoms. The van der Waals surface area contributed by atoms with Crippen molar-refractivity contribution in [3.8, 4) is 0 Å². The van der Waals surface area contributed by atoms with Crippen molar-refractivity contribution in [3.63, 3.8) is 0 Å². The third-order valence-corrected chi connectivity index (χ3v) is 4.21. The van der Waals surface area contributed by atoms with Crippen LogP contribution in [-0.2, 0) is 30.5 Å². The average molecular weight is 510 g/mol. The first-order chi connectivity index (χ1) is 16.7. The molecule has 1 aromatic carbocycles. The van der Waals surface area contributed by atoms with E-state index in [1.807, 2.05) is 27.7 Å². The Labute approximate surface area is 205 Å². The molecular formula is C24H40F5N5O. The first-order valence-corrected chi connectivity index (χ1v) is 12.0. The van der Waals surface area contributed by atoms with Gasteiger partial charge in [0.15, 0.2) is 5.82 Å². The van der Waals surface area contributed by atoms with Gasteiger partial charge in [-0.25, -0.2) is 8.78 Å². The van der Waals surface area contributed by atoms with Crippen molar-refractivity contribution in [1.82, 2.24) is 19.7 Å². The molecule has 2 aromatic rings. The summed E-state index contributed by atoms with van der Waals surface area (Å²) in [5, 5.41) is 6.68. The number of rotatable bonds is 4. The van der Waals surface area contributed by atoms with Crippen molar-refractivity contribution >= 4 is 5.91 Å². The Morgan fingerprint density at radius 1 is 1.03 bits per heavy atom. The largest absolute Gasteiger partial charge is 0.451 e. The molecule has 1 aliphatic heterocycles. The maximum absolute atomic E-state index is 13.5. The van der Waals surface area contributed by atoms with Gasteiger partial charge in [-0.15, -0.1) is 10.2 Å². The van der Waals surface area contributed by atoms with Gasteiger partial charge in [-0.1, -0.05) is 54.0 Å². The second-order valence-electron chi connectivity index (χ2n) is 6.70. The molecule has 1 amide bonds. The average Bonchev–Trinajstić information content (AvgIpc) is 3.29. The smallest absolute Gasteiger partial charge is 0.333 e. The minimum absolute atomic E-state index is 0.0322. The van der Waals surface area contributed by atoms with Crippen LogP contribution in [0.1, 0.15) is 78.0 Å². The van der Waals surface area contributed by atoms with Crippen LogP contribution in [0.3, 0.4) is 0 Å². The second-order valence-corrected chi connectivity index (χ2v) is 6.70. The predicted molar refractivity (Wildman–Crippen MR) is 129 cm³/mol. The highest BCUT2D eigenvalue weighted by Crippen LogP contribution is 2.29. The molecule has 35 heavy (non-hydrogen) atoms. The van der Waals surface area contributed by atoms with Gasteiger partial charge in [0.25, 0.3) is 0 Å². The maximum atomic E-state index is 13.5. The maximum Gasteiger partial charge on any atom is 0.451 e. The fourth-order valence-corrected chi connectivity index (χ4v) is 2.89. The molecule has 6 nitrogen and oxygen atoms in total. The monoisotopic (exact) mass is 509 g/mol. The van der Waals surface area contributed by atoms with Crippen LogP contribution < -0.4 is 5.73 Å². The van der Waals surface area contributed by atoms with Crippen LogP contribution in [0.25, 0.3) is 0 Å². The topological polar surface area (TPSA) is 77.0 Å². The number of amides is 1. The zero-order valence-electron chi connectivity index (χ0n) is 21.8. The molecule has 3 rings (SSSR count). The number of halogens is 5. The molecule has 1 aliphatic rings. The molecule has 2 heterocycles. The van der Waals surface area contributed by atoms with Gasteiger partial charge in [0.1, 0.15) is 11.6 Å². The highest BCUT2D eigenvalue weighted by molar-refractivity contribution is 5.76. The summed E-state index contributed by atoms with van der Waals surface area (Å²) in [6.45, 7) is 12.3. The lowest BCUT2D eigenvalue weighted by Crippen LogP contribution is -2.39. The van der Waals surface area contributed by atoms with Crippen molar-refractivity contribution in [2.45, 2.75) is 86.5 Å². The van der Waals surface area contributed by atoms with Gasteiger partial charge in [-0.3, -0.25) is 4.79 Å². The number of hydrogen-bond acceptors (Lipinski definition) is 4. The normalized spacial score (nSPS) is 11.7. The van der Waals surface area contributed by atoms with Crippen molar-refractivity contribution in [1.29, 1.82) is 0 Å². The van der Waals surface area contributed by atoms with E-state index in [0.717, 1.165) is 16.7 Å². The minimum atomic E-state index is -4.59. The first kappa shape index (κ1) is 34.6. The Kier molecular flexibility index (Phi) is 18.5. The summed E-state index contributed by atoms with van der Waals surface area (Å²) in [6, 6.07) is 3.26. The van der Waals surface area contributed by atoms with Gasteiger partial charge in [0, 0.05) is 25.6 Å². The van der Waals surface area contributed by atoms with E-state index < -0.39 is 23.6 Å². The van der Waals surface area contributed by atoms with Gasteiger partial charge >= 0.3 is 6.18 Å². The van der Waals surface area contributed by atoms with E-state index in [1.54, 1.807) is 0 Å². The summed E-state index contributed by atoms with van der Waals surface area (Å²) >= 11 is 0. The summed E-state index contributed by atoms with van der Waals surface area (Å²) in [6.07, 6.45) is -2.62. The van der Waals surface area contributed by atoms with Gasteiger partial charge in [-0.05, 0) is 31.5 Å². The molecule has 0 unspecified atom stereocenters. The van der Waals surface area contributed by atoms with Crippen molar-refractivity contribution in [3.05, 3.63) is 47.0 Å². The molecule has 0 spiro atoms. The lowest BCUT2D eigenvalue weighted by molar-refractivity contribution is -0.148. The Morgan fingerprint density at radius 3 is 2.11 bits per heavy atom. The number of fused-ring (bicyclic) bond motifs is 1. The van der Waals surface area contributed by atoms with Crippen LogP contribution in [0.2, 0.25) is 0 Å². The Bertz CT molecular complexity index is 840. The van der Waals surface area contributed by atoms with Crippen LogP contribution in [0.15, 0.2) is 18.2 Å². The summed E-state index contributed by atoms with van der Waals surface area (Å²) < 4.78 is 65.7. The zero-order chi connectivity index (χ0) is 27.6. The number of aryl methyl sites for hydroxylation is 1. The quantitative estimate of drug-likeness (QED) is 0.514. The Balaban J connectivity index is 0. The molecule has 0 saturated carbocycles. The van der Waals surface area contributed by atoms with Crippen LogP contribution in [0.5, 0.6) is 0 Å². The predicted octanol–water partition coefficient (Wildman–Crippen LogP) is 5.98. The molecule has 1 aromatic heterocycles. The summed E-state index contributed by atoms with van der Waals surface area (Å²) in [5.74, 6) is -2.57. The second kappa shape index (κ2) is 18.7. The molecule has 0 aliphatic carbocycles. The zero-order valence-corrected chi connectivity index (χ0v) is 21.8. The Morgan fingerprint density at radius 2 is 1.60 bits per heavy atom. The fourth-order valence-electron chi connectivity index (χ4n) is 2.89. The number of alkyl halides is 3. The minimum Gasteiger partial charge on any atom is -0.333 e. The fraction of sp³-hybridized carbons (Fsp3) is 0.625. The van der Waals surface area contributed by atoms with E-state index in [4.69, 9.17) is 0 Å². The summed E-state index contributed by atoms with van der Waals surface area (Å²) in [4.78, 5) is 13.6. The van der Waals surface area contributed by atoms with E-state index >= 15 is 0 Å². The van der Waals surface area contributed by atoms with E-state index in [2.05, 4.69) is 29.8 Å². The number of aromatic nitrogens is 3. The first-order valence-electron chi connectivity index (χ1n) is 12.0. The van der Waals surface area contributed by atoms with Crippen LogP contribution in [-0.4, -0.2) is 39.2 Å². The van der Waals surface area contributed by atoms with Gasteiger partial charge in [0.2, 0.25) is 11.7 Å². The molecule has 0 radical (unpaired) electrons. The third kappa shape index (κ3) is 11.6. The number of hydrogen-bond donors (Lipinski definition) is 1. The van der Waals surface area contributed by atoms with Crippen molar-refractivity contribution in [2.24, 2.45) is 5.73 Å². The van der Waals surface area contributed by atoms with E-state index in [-0.39, 0.29) is 44.2 Å². The highest BCUT2D eigenvalue weighted by Gasteiger charge is 2.39. The number of nitrogens with zero attached hydrogens (tertiary/aromatic N) is 4. The van der Waals surface area contributed by atoms with Gasteiger partial charge in [0.05, 0.1) is 6.54 Å². The summed E-state index contributed by atoms with van der Waals surface area (Å²) in [7, 11) is 1.50. The SMILES string of the molecule is CC.CC.CCC.CN.O=C(CCCc1ccc(F)cc1F)N1CCn2c(nnc2C(F)(F)F)C1. The van der Waals surface area contributed by atoms with E-state index in [9.17, 15) is 26.7 Å². The molecular weight excluding hydrogens is 469 g/mol. The highest BCUT2D eigenvalue weighted by atomic mass is 19.4. The lowest BCUT2D eigenvalue weighted by atomic mass is 10.1. The third-order valence-electron chi connectivity index (χ3n) is 4.21. The summed E-state index contributed by atoms with van der Waals surface area (Å²) in [5.41, 5.74) is 4.81. The van der Waals surface area contributed by atoms with E-state index in [1.165, 1.54) is 24.4 Å². The number of benzene rings is 1. The van der Waals surface area contributed by atoms with Crippen molar-refractivity contribution < 1.29 is 26.7 Å². The molecule has 0 atom stereocenters. The van der Waals surface area contributed by atoms with Crippen LogP contribution in [0, 0.1) is 11.6 Å². The number of nitrogens with two attached hydrogens (primary N) is 1. The van der Waals surface area contributed by atoms with Crippen LogP contribution >= 0.6 is 0 Å². The molecule has 0 fully saturated rings. The molecule has 0 bridgehead atoms. The van der Waals surface area contributed by atoms with Gasteiger partial charge < -0.3 is 15.2 Å². The molecule has 2 N–H and O–H groups in total. The van der Waals surface area contributed by atoms with Gasteiger partial charge in [-0.2, -0.15) is 13.2 Å². The molecule has 0 saturated heterocycles. The Hall–Kier alpha value is -2.56. The number of carbonyl (C=O) groups excluding carboxylic acids is 1. The number of carbonyl (C=O) groups is 1. The lowest BCUT2D eigenvalue weighted by Gasteiger charge is -2.28. The van der Waals surface area contributed by atoms with Crippen molar-refractivity contribution in [2.75, 3.05) is 13.6 Å². The standard InChI is InChI=1S/C16H15F5N4O.C3H8.2C2H6.CH5N/c17-11-5-4-10(12(18)8-11)2-1-3-14(26)24-6-7-25-13(9-24)22-23-15(25)16(19,20)21;1-3-2;3*1-2/h4-5,8H,1-3,6-7,9H2;3H2,1-2H3;2*1-2H3;2H2,1H3. The van der Waals surface area contributed by atoms with Crippen LogP contribution in [0.4, 0.5) is 22.0 Å².